The second-order valence-corrected chi connectivity index (χ2v) is 14.2. The van der Waals surface area contributed by atoms with Crippen LogP contribution >= 0.6 is 0 Å². The van der Waals surface area contributed by atoms with Crippen molar-refractivity contribution in [3.63, 3.8) is 0 Å². The Bertz CT molecular complexity index is 2760. The summed E-state index contributed by atoms with van der Waals surface area (Å²) < 4.78 is 6.23. The molecule has 0 saturated carbocycles. The van der Waals surface area contributed by atoms with Gasteiger partial charge in [0.1, 0.15) is 11.2 Å². The molecule has 0 fully saturated rings. The number of benzene rings is 8. The molecule has 0 N–H and O–H groups in total. The molecule has 8 aromatic carbocycles. The van der Waals surface area contributed by atoms with Gasteiger partial charge < -0.3 is 9.32 Å². The van der Waals surface area contributed by atoms with Gasteiger partial charge >= 0.3 is 0 Å². The lowest BCUT2D eigenvalue weighted by atomic mass is 9.82. The van der Waals surface area contributed by atoms with Gasteiger partial charge in [-0.1, -0.05) is 135 Å². The Balaban J connectivity index is 1.07. The van der Waals surface area contributed by atoms with Crippen LogP contribution in [0.25, 0.3) is 66.1 Å². The fourth-order valence-corrected chi connectivity index (χ4v) is 8.25. The van der Waals surface area contributed by atoms with E-state index in [1.807, 2.05) is 12.1 Å². The van der Waals surface area contributed by atoms with Gasteiger partial charge in [-0.15, -0.1) is 0 Å². The first kappa shape index (κ1) is 29.5. The minimum Gasteiger partial charge on any atom is -0.456 e. The van der Waals surface area contributed by atoms with Gasteiger partial charge in [0, 0.05) is 33.2 Å². The minimum absolute atomic E-state index is 0.0923. The quantitative estimate of drug-likeness (QED) is 0.184. The molecule has 0 radical (unpaired) electrons. The van der Waals surface area contributed by atoms with Crippen LogP contribution in [0.15, 0.2) is 180 Å². The number of nitrogens with zero attached hydrogens (tertiary/aromatic N) is 1. The Kier molecular flexibility index (Phi) is 6.56. The van der Waals surface area contributed by atoms with E-state index in [-0.39, 0.29) is 5.41 Å². The van der Waals surface area contributed by atoms with Gasteiger partial charge in [0.25, 0.3) is 0 Å². The molecule has 0 unspecified atom stereocenters. The van der Waals surface area contributed by atoms with E-state index in [2.05, 4.69) is 183 Å². The number of rotatable bonds is 5. The number of para-hydroxylation sites is 1. The highest BCUT2D eigenvalue weighted by Gasteiger charge is 2.35. The first-order valence-corrected chi connectivity index (χ1v) is 17.7. The van der Waals surface area contributed by atoms with Crippen molar-refractivity contribution in [2.24, 2.45) is 0 Å². The molecule has 10 rings (SSSR count). The van der Waals surface area contributed by atoms with Gasteiger partial charge in [0.15, 0.2) is 0 Å². The molecule has 0 atom stereocenters. The van der Waals surface area contributed by atoms with E-state index in [0.717, 1.165) is 50.1 Å². The molecule has 1 heterocycles. The number of hydrogen-bond donors (Lipinski definition) is 0. The summed E-state index contributed by atoms with van der Waals surface area (Å²) in [7, 11) is 0. The SMILES string of the molecule is CC1(C)c2ccccc2-c2ccc(N(c3ccc(-c4ccc5c(c4)oc4ccccc45)cc3)c3ccc(-c4cccc5ccccc45)cc3)cc21. The molecule has 2 nitrogen and oxygen atoms in total. The summed E-state index contributed by atoms with van der Waals surface area (Å²) in [6.45, 7) is 4.69. The molecule has 0 aliphatic heterocycles. The van der Waals surface area contributed by atoms with Crippen molar-refractivity contribution in [3.05, 3.63) is 187 Å². The van der Waals surface area contributed by atoms with Crippen LogP contribution in [0.2, 0.25) is 0 Å². The van der Waals surface area contributed by atoms with Gasteiger partial charge in [-0.3, -0.25) is 0 Å². The summed E-state index contributed by atoms with van der Waals surface area (Å²) in [6, 6.07) is 63.7. The predicted octanol–water partition coefficient (Wildman–Crippen LogP) is 13.8. The Morgan fingerprint density at radius 2 is 0.980 bits per heavy atom. The van der Waals surface area contributed by atoms with Crippen molar-refractivity contribution in [2.45, 2.75) is 19.3 Å². The number of fused-ring (bicyclic) bond motifs is 7. The molecular weight excluding hydrogens is 619 g/mol. The van der Waals surface area contributed by atoms with Crippen LogP contribution in [0.3, 0.4) is 0 Å². The second-order valence-electron chi connectivity index (χ2n) is 14.2. The Morgan fingerprint density at radius 1 is 0.392 bits per heavy atom. The molecule has 1 aromatic heterocycles. The van der Waals surface area contributed by atoms with Crippen LogP contribution in [0.5, 0.6) is 0 Å². The first-order valence-electron chi connectivity index (χ1n) is 17.7. The normalized spacial score (nSPS) is 13.1. The highest BCUT2D eigenvalue weighted by Crippen LogP contribution is 2.50. The lowest BCUT2D eigenvalue weighted by Crippen LogP contribution is -2.16. The fourth-order valence-electron chi connectivity index (χ4n) is 8.25. The predicted molar refractivity (Wildman–Crippen MR) is 214 cm³/mol. The third kappa shape index (κ3) is 4.71. The van der Waals surface area contributed by atoms with Crippen LogP contribution in [-0.4, -0.2) is 0 Å². The average Bonchev–Trinajstić information content (AvgIpc) is 3.66. The lowest BCUT2D eigenvalue weighted by Gasteiger charge is -2.28. The molecule has 0 saturated heterocycles. The summed E-state index contributed by atoms with van der Waals surface area (Å²) in [5.74, 6) is 0. The van der Waals surface area contributed by atoms with E-state index < -0.39 is 0 Å². The minimum atomic E-state index is -0.0923. The topological polar surface area (TPSA) is 16.4 Å². The monoisotopic (exact) mass is 653 g/mol. The Morgan fingerprint density at radius 3 is 1.80 bits per heavy atom. The van der Waals surface area contributed by atoms with E-state index in [9.17, 15) is 0 Å². The number of furan rings is 1. The fraction of sp³-hybridized carbons (Fsp3) is 0.0612. The molecule has 51 heavy (non-hydrogen) atoms. The van der Waals surface area contributed by atoms with Gasteiger partial charge in [0.05, 0.1) is 0 Å². The summed E-state index contributed by atoms with van der Waals surface area (Å²) in [6.07, 6.45) is 0. The molecular formula is C49H35NO. The maximum atomic E-state index is 6.23. The van der Waals surface area contributed by atoms with Crippen molar-refractivity contribution in [3.8, 4) is 33.4 Å². The van der Waals surface area contributed by atoms with Gasteiger partial charge in [-0.05, 0) is 110 Å². The zero-order valence-corrected chi connectivity index (χ0v) is 28.6. The third-order valence-electron chi connectivity index (χ3n) is 10.9. The summed E-state index contributed by atoms with van der Waals surface area (Å²) in [4.78, 5) is 2.39. The number of anilines is 3. The molecule has 0 amide bonds. The summed E-state index contributed by atoms with van der Waals surface area (Å²) in [5.41, 5.74) is 15.2. The average molecular weight is 654 g/mol. The summed E-state index contributed by atoms with van der Waals surface area (Å²) in [5, 5.41) is 4.81. The van der Waals surface area contributed by atoms with E-state index in [4.69, 9.17) is 4.42 Å². The van der Waals surface area contributed by atoms with E-state index in [1.165, 1.54) is 44.2 Å². The maximum absolute atomic E-state index is 6.23. The van der Waals surface area contributed by atoms with Crippen LogP contribution < -0.4 is 4.90 Å². The van der Waals surface area contributed by atoms with E-state index in [0.29, 0.717) is 0 Å². The first-order chi connectivity index (χ1) is 25.0. The van der Waals surface area contributed by atoms with Crippen molar-refractivity contribution >= 4 is 49.8 Å². The van der Waals surface area contributed by atoms with Crippen molar-refractivity contribution in [2.75, 3.05) is 4.90 Å². The highest BCUT2D eigenvalue weighted by atomic mass is 16.3. The zero-order chi connectivity index (χ0) is 34.1. The van der Waals surface area contributed by atoms with Crippen LogP contribution in [0.4, 0.5) is 17.1 Å². The molecule has 1 aliphatic rings. The van der Waals surface area contributed by atoms with Gasteiger partial charge in [0.2, 0.25) is 0 Å². The molecule has 0 bridgehead atoms. The molecule has 2 heteroatoms. The Labute approximate surface area is 297 Å². The second kappa shape index (κ2) is 11.3. The van der Waals surface area contributed by atoms with E-state index in [1.54, 1.807) is 0 Å². The summed E-state index contributed by atoms with van der Waals surface area (Å²) >= 11 is 0. The lowest BCUT2D eigenvalue weighted by molar-refractivity contribution is 0.660. The van der Waals surface area contributed by atoms with Crippen molar-refractivity contribution in [1.29, 1.82) is 0 Å². The van der Waals surface area contributed by atoms with Crippen LogP contribution in [-0.2, 0) is 5.41 Å². The molecule has 1 aliphatic carbocycles. The van der Waals surface area contributed by atoms with Crippen molar-refractivity contribution in [1.82, 2.24) is 0 Å². The number of hydrogen-bond acceptors (Lipinski definition) is 2. The van der Waals surface area contributed by atoms with Crippen molar-refractivity contribution < 1.29 is 4.42 Å². The van der Waals surface area contributed by atoms with Gasteiger partial charge in [-0.2, -0.15) is 0 Å². The van der Waals surface area contributed by atoms with Crippen LogP contribution in [0, 0.1) is 0 Å². The molecule has 0 spiro atoms. The highest BCUT2D eigenvalue weighted by molar-refractivity contribution is 6.06. The smallest absolute Gasteiger partial charge is 0.136 e. The standard InChI is InChI=1S/C49H35NO/c1-49(2)45-16-7-5-13-41(45)42-29-27-38(31-46(42)49)50(37-25-20-34(21-26-37)40-15-9-11-33-10-3-4-12-39(33)40)36-23-18-32(19-24-36)35-22-28-44-43-14-6-8-17-47(43)51-48(44)30-35/h3-31H,1-2H3. The van der Waals surface area contributed by atoms with E-state index >= 15 is 0 Å². The van der Waals surface area contributed by atoms with Gasteiger partial charge in [-0.25, -0.2) is 0 Å². The largest absolute Gasteiger partial charge is 0.456 e. The van der Waals surface area contributed by atoms with Crippen LogP contribution in [0.1, 0.15) is 25.0 Å². The zero-order valence-electron chi connectivity index (χ0n) is 28.6. The maximum Gasteiger partial charge on any atom is 0.136 e. The third-order valence-corrected chi connectivity index (χ3v) is 10.9. The Hall–Kier alpha value is -6.38. The molecule has 242 valence electrons. The molecule has 9 aromatic rings.